The summed E-state index contributed by atoms with van der Waals surface area (Å²) < 4.78 is 0. The van der Waals surface area contributed by atoms with Gasteiger partial charge in [-0.1, -0.05) is 32.4 Å². The van der Waals surface area contributed by atoms with Gasteiger partial charge in [0.15, 0.2) is 11.5 Å². The minimum Gasteiger partial charge on any atom is -0.385 e. The molecule has 0 saturated heterocycles. The summed E-state index contributed by atoms with van der Waals surface area (Å²) in [6.07, 6.45) is 0.519. The maximum absolute atomic E-state index is 13.1. The van der Waals surface area contributed by atoms with Gasteiger partial charge in [-0.3, -0.25) is 14.4 Å². The van der Waals surface area contributed by atoms with Crippen molar-refractivity contribution < 1.29 is 14.4 Å². The van der Waals surface area contributed by atoms with Gasteiger partial charge < -0.3 is 16.0 Å². The zero-order valence-corrected chi connectivity index (χ0v) is 19.1. The van der Waals surface area contributed by atoms with Crippen LogP contribution in [0.3, 0.4) is 0 Å². The average molecular weight is 443 g/mol. The Morgan fingerprint density at radius 3 is 2.35 bits per heavy atom. The van der Waals surface area contributed by atoms with Crippen molar-refractivity contribution in [3.8, 4) is 0 Å². The average Bonchev–Trinajstić information content (AvgIpc) is 2.69. The highest BCUT2D eigenvalue weighted by Crippen LogP contribution is 2.27. The summed E-state index contributed by atoms with van der Waals surface area (Å²) in [6.45, 7) is 9.80. The summed E-state index contributed by atoms with van der Waals surface area (Å²) >= 11 is 6.18. The maximum Gasteiger partial charge on any atom is 0.278 e. The molecular weight excluding hydrogens is 416 g/mol. The van der Waals surface area contributed by atoms with E-state index in [1.807, 2.05) is 26.0 Å². The number of carbonyl (C=O) groups excluding carboxylic acids is 3. The molecule has 0 saturated carbocycles. The number of hydrogen-bond donors (Lipinski definition) is 3. The molecule has 3 N–H and O–H groups in total. The van der Waals surface area contributed by atoms with Crippen molar-refractivity contribution in [1.82, 2.24) is 0 Å². The third-order valence-electron chi connectivity index (χ3n) is 4.36. The lowest BCUT2D eigenvalue weighted by molar-refractivity contribution is -0.121. The maximum atomic E-state index is 13.1. The first kappa shape index (κ1) is 24.1. The molecule has 0 fully saturated rings. The van der Waals surface area contributed by atoms with Crippen molar-refractivity contribution in [2.45, 2.75) is 34.6 Å². The molecule has 0 heterocycles. The zero-order valence-electron chi connectivity index (χ0n) is 18.3. The van der Waals surface area contributed by atoms with Crippen LogP contribution in [0.2, 0.25) is 5.02 Å². The first-order valence-electron chi connectivity index (χ1n) is 9.86. The Bertz CT molecular complexity index is 1030. The van der Waals surface area contributed by atoms with Crippen molar-refractivity contribution in [2.24, 2.45) is 10.4 Å². The van der Waals surface area contributed by atoms with E-state index in [4.69, 9.17) is 11.6 Å². The van der Waals surface area contributed by atoms with Gasteiger partial charge in [0.25, 0.3) is 5.91 Å². The number of hydrogen-bond acceptors (Lipinski definition) is 5. The van der Waals surface area contributed by atoms with Gasteiger partial charge in [0.1, 0.15) is 0 Å². The summed E-state index contributed by atoms with van der Waals surface area (Å²) in [6, 6.07) is 10.1. The largest absolute Gasteiger partial charge is 0.385 e. The molecule has 7 nitrogen and oxygen atoms in total. The lowest BCUT2D eigenvalue weighted by Gasteiger charge is -2.18. The molecule has 164 valence electrons. The van der Waals surface area contributed by atoms with E-state index >= 15 is 0 Å². The monoisotopic (exact) mass is 442 g/mol. The minimum absolute atomic E-state index is 0.225. The number of amides is 2. The number of anilines is 3. The summed E-state index contributed by atoms with van der Waals surface area (Å²) in [5.74, 6) is -1.08. The van der Waals surface area contributed by atoms with Crippen LogP contribution in [0.5, 0.6) is 0 Å². The third kappa shape index (κ3) is 6.39. The molecule has 0 bridgehead atoms. The van der Waals surface area contributed by atoms with Crippen LogP contribution < -0.4 is 16.0 Å². The van der Waals surface area contributed by atoms with Crippen LogP contribution >= 0.6 is 11.6 Å². The van der Waals surface area contributed by atoms with E-state index in [2.05, 4.69) is 20.9 Å². The topological polar surface area (TPSA) is 99.7 Å². The summed E-state index contributed by atoms with van der Waals surface area (Å²) in [5.41, 5.74) is 1.93. The van der Waals surface area contributed by atoms with Crippen LogP contribution in [-0.4, -0.2) is 30.4 Å². The quantitative estimate of drug-likeness (QED) is 0.305. The van der Waals surface area contributed by atoms with Gasteiger partial charge in [-0.2, -0.15) is 0 Å². The van der Waals surface area contributed by atoms with Crippen molar-refractivity contribution in [1.29, 1.82) is 0 Å². The van der Waals surface area contributed by atoms with Crippen molar-refractivity contribution in [3.05, 3.63) is 47.0 Å². The molecule has 0 unspecified atom stereocenters. The fraction of sp³-hybridized carbons (Fsp3) is 0.304. The Morgan fingerprint density at radius 1 is 1.10 bits per heavy atom. The molecule has 2 aromatic carbocycles. The highest BCUT2D eigenvalue weighted by Gasteiger charge is 2.31. The Balaban J connectivity index is 2.46. The first-order chi connectivity index (χ1) is 14.6. The number of nitrogens with one attached hydrogen (secondary N) is 3. The Labute approximate surface area is 187 Å². The van der Waals surface area contributed by atoms with E-state index in [1.165, 1.54) is 12.1 Å². The van der Waals surface area contributed by atoms with Gasteiger partial charge in [-0.05, 0) is 55.8 Å². The number of benzene rings is 2. The number of carbonyl (C=O) groups is 3. The minimum atomic E-state index is -0.821. The van der Waals surface area contributed by atoms with Gasteiger partial charge in [-0.15, -0.1) is 0 Å². The number of ketones is 1. The molecule has 0 radical (unpaired) electrons. The van der Waals surface area contributed by atoms with Crippen molar-refractivity contribution in [3.63, 3.8) is 0 Å². The molecule has 0 aliphatic carbocycles. The molecule has 0 aliphatic heterocycles. The highest BCUT2D eigenvalue weighted by atomic mass is 35.5. The van der Waals surface area contributed by atoms with Gasteiger partial charge in [-0.25, -0.2) is 4.99 Å². The Morgan fingerprint density at radius 2 is 1.77 bits per heavy atom. The van der Waals surface area contributed by atoms with E-state index in [0.29, 0.717) is 17.8 Å². The highest BCUT2D eigenvalue weighted by molar-refractivity contribution is 6.68. The van der Waals surface area contributed by atoms with Gasteiger partial charge in [0.05, 0.1) is 16.4 Å². The molecule has 0 aromatic heterocycles. The lowest BCUT2D eigenvalue weighted by atomic mass is 9.87. The van der Waals surface area contributed by atoms with E-state index < -0.39 is 17.1 Å². The van der Waals surface area contributed by atoms with Crippen LogP contribution in [0.25, 0.3) is 0 Å². The van der Waals surface area contributed by atoms with Gasteiger partial charge in [0.2, 0.25) is 6.41 Å². The Hall–Kier alpha value is -3.19. The molecule has 0 spiro atoms. The van der Waals surface area contributed by atoms with Gasteiger partial charge >= 0.3 is 0 Å². The van der Waals surface area contributed by atoms with E-state index in [1.54, 1.807) is 32.9 Å². The van der Waals surface area contributed by atoms with Crippen LogP contribution in [0.1, 0.15) is 33.3 Å². The van der Waals surface area contributed by atoms with Crippen LogP contribution in [0.4, 0.5) is 22.7 Å². The molecule has 2 rings (SSSR count). The number of aryl methyl sites for hydroxylation is 1. The lowest BCUT2D eigenvalue weighted by Crippen LogP contribution is -2.37. The Kier molecular flexibility index (Phi) is 7.94. The van der Waals surface area contributed by atoms with Crippen LogP contribution in [-0.2, 0) is 14.4 Å². The molecule has 2 amide bonds. The van der Waals surface area contributed by atoms with E-state index in [9.17, 15) is 14.4 Å². The smallest absolute Gasteiger partial charge is 0.278 e. The van der Waals surface area contributed by atoms with Crippen molar-refractivity contribution in [2.75, 3.05) is 22.5 Å². The predicted octanol–water partition coefficient (Wildman–Crippen LogP) is 4.97. The van der Waals surface area contributed by atoms with Crippen LogP contribution in [0.15, 0.2) is 41.4 Å². The normalized spacial score (nSPS) is 11.6. The molecule has 31 heavy (non-hydrogen) atoms. The third-order valence-corrected chi connectivity index (χ3v) is 4.69. The SMILES string of the molecule is CCNc1ccc(/N=C(\C(=O)Nc2cc(NC=O)ccc2Cl)C(=O)C(C)(C)C)c(C)c1. The molecule has 2 aromatic rings. The fourth-order valence-electron chi connectivity index (χ4n) is 2.74. The number of nitrogens with zero attached hydrogens (tertiary/aromatic N) is 1. The second-order valence-corrected chi connectivity index (χ2v) is 8.39. The standard InChI is InChI=1S/C23H27ClN4O3/c1-6-25-15-8-10-18(14(2)11-15)27-20(21(30)23(3,4)5)22(31)28-19-12-16(26-13-29)7-9-17(19)24/h7-13,25H,6H2,1-5H3,(H,26,29)(H,28,31)/b27-20-. The van der Waals surface area contributed by atoms with Crippen LogP contribution in [0, 0.1) is 12.3 Å². The van der Waals surface area contributed by atoms with Gasteiger partial charge in [0, 0.05) is 23.3 Å². The number of Topliss-reactive ketones (excluding diaryl/α,β-unsaturated/α-hetero) is 1. The summed E-state index contributed by atoms with van der Waals surface area (Å²) in [4.78, 5) is 41.2. The number of aliphatic imine (C=N–C) groups is 1. The van der Waals surface area contributed by atoms with Crippen molar-refractivity contribution >= 4 is 58.2 Å². The summed E-state index contributed by atoms with van der Waals surface area (Å²) in [5, 5.41) is 8.61. The molecule has 8 heteroatoms. The fourth-order valence-corrected chi connectivity index (χ4v) is 2.90. The number of rotatable bonds is 8. The molecule has 0 atom stereocenters. The predicted molar refractivity (Wildman–Crippen MR) is 127 cm³/mol. The second kappa shape index (κ2) is 10.2. The second-order valence-electron chi connectivity index (χ2n) is 7.98. The van der Waals surface area contributed by atoms with E-state index in [0.717, 1.165) is 17.8 Å². The first-order valence-corrected chi connectivity index (χ1v) is 10.2. The zero-order chi connectivity index (χ0) is 23.2. The van der Waals surface area contributed by atoms with E-state index in [-0.39, 0.29) is 16.4 Å². The summed E-state index contributed by atoms with van der Waals surface area (Å²) in [7, 11) is 0. The molecular formula is C23H27ClN4O3. The number of halogens is 1. The molecule has 0 aliphatic rings.